The molecule has 0 saturated carbocycles. The van der Waals surface area contributed by atoms with Gasteiger partial charge in [-0.25, -0.2) is 9.18 Å². The zero-order chi connectivity index (χ0) is 17.0. The minimum absolute atomic E-state index is 0.216. The van der Waals surface area contributed by atoms with Crippen LogP contribution in [0, 0.1) is 5.82 Å². The van der Waals surface area contributed by atoms with Crippen molar-refractivity contribution in [2.45, 2.75) is 25.0 Å². The molecule has 1 aliphatic rings. The number of aliphatic hydroxyl groups is 1. The minimum Gasteiger partial charge on any atom is -0.445 e. The highest BCUT2D eigenvalue weighted by Crippen LogP contribution is 2.34. The van der Waals surface area contributed by atoms with E-state index in [4.69, 9.17) is 4.74 Å². The van der Waals surface area contributed by atoms with Crippen LogP contribution in [0.2, 0.25) is 0 Å². The monoisotopic (exact) mass is 329 g/mol. The normalized spacial score (nSPS) is 16.7. The van der Waals surface area contributed by atoms with Crippen molar-refractivity contribution in [1.82, 2.24) is 4.90 Å². The fourth-order valence-corrected chi connectivity index (χ4v) is 2.98. The summed E-state index contributed by atoms with van der Waals surface area (Å²) in [6, 6.07) is 15.7. The first-order chi connectivity index (χ1) is 11.6. The van der Waals surface area contributed by atoms with Gasteiger partial charge in [-0.15, -0.1) is 0 Å². The lowest BCUT2D eigenvalue weighted by atomic mass is 9.84. The van der Waals surface area contributed by atoms with Crippen LogP contribution in [0.1, 0.15) is 24.0 Å². The lowest BCUT2D eigenvalue weighted by Crippen LogP contribution is -2.45. The van der Waals surface area contributed by atoms with E-state index < -0.39 is 17.5 Å². The van der Waals surface area contributed by atoms with Gasteiger partial charge in [0.2, 0.25) is 0 Å². The first kappa shape index (κ1) is 16.5. The van der Waals surface area contributed by atoms with Gasteiger partial charge in [0.25, 0.3) is 0 Å². The Kier molecular flexibility index (Phi) is 4.81. The smallest absolute Gasteiger partial charge is 0.410 e. The number of hydrogen-bond donors (Lipinski definition) is 1. The second-order valence-electron chi connectivity index (χ2n) is 6.04. The van der Waals surface area contributed by atoms with Crippen LogP contribution in [0.15, 0.2) is 54.6 Å². The Morgan fingerprint density at radius 3 is 2.38 bits per heavy atom. The van der Waals surface area contributed by atoms with Gasteiger partial charge in [0.05, 0.1) is 5.60 Å². The fourth-order valence-electron chi connectivity index (χ4n) is 2.98. The molecule has 3 rings (SSSR count). The molecule has 2 aromatic rings. The predicted octanol–water partition coefficient (Wildman–Crippen LogP) is 3.45. The highest BCUT2D eigenvalue weighted by molar-refractivity contribution is 5.67. The molecule has 1 aliphatic heterocycles. The van der Waals surface area contributed by atoms with Gasteiger partial charge in [0, 0.05) is 18.7 Å². The van der Waals surface area contributed by atoms with E-state index in [-0.39, 0.29) is 19.4 Å². The lowest BCUT2D eigenvalue weighted by Gasteiger charge is -2.38. The van der Waals surface area contributed by atoms with Crippen molar-refractivity contribution in [3.8, 4) is 0 Å². The van der Waals surface area contributed by atoms with Crippen LogP contribution in [0.25, 0.3) is 0 Å². The Balaban J connectivity index is 1.56. The summed E-state index contributed by atoms with van der Waals surface area (Å²) in [6.07, 6.45) is 0.164. The van der Waals surface area contributed by atoms with E-state index in [0.29, 0.717) is 18.7 Å². The minimum atomic E-state index is -1.23. The quantitative estimate of drug-likeness (QED) is 0.938. The highest BCUT2D eigenvalue weighted by atomic mass is 19.1. The van der Waals surface area contributed by atoms with Gasteiger partial charge < -0.3 is 14.7 Å². The molecule has 1 saturated heterocycles. The second-order valence-corrected chi connectivity index (χ2v) is 6.04. The molecule has 0 aromatic heterocycles. The number of ether oxygens (including phenoxy) is 1. The van der Waals surface area contributed by atoms with Crippen molar-refractivity contribution >= 4 is 6.09 Å². The van der Waals surface area contributed by atoms with E-state index in [2.05, 4.69) is 0 Å². The van der Waals surface area contributed by atoms with Gasteiger partial charge in [0.1, 0.15) is 12.4 Å². The van der Waals surface area contributed by atoms with Crippen molar-refractivity contribution in [1.29, 1.82) is 0 Å². The number of benzene rings is 2. The first-order valence-electron chi connectivity index (χ1n) is 8.01. The second kappa shape index (κ2) is 7.01. The predicted molar refractivity (Wildman–Crippen MR) is 87.7 cm³/mol. The van der Waals surface area contributed by atoms with E-state index in [1.807, 2.05) is 30.3 Å². The molecule has 1 fully saturated rings. The van der Waals surface area contributed by atoms with Crippen LogP contribution in [0.3, 0.4) is 0 Å². The van der Waals surface area contributed by atoms with Crippen molar-refractivity contribution in [2.75, 3.05) is 13.1 Å². The number of carbonyl (C=O) groups excluding carboxylic acids is 1. The molecule has 0 bridgehead atoms. The Hall–Kier alpha value is -2.40. The van der Waals surface area contributed by atoms with Gasteiger partial charge in [-0.05, 0) is 24.5 Å². The average Bonchev–Trinajstić information content (AvgIpc) is 2.61. The third kappa shape index (κ3) is 3.57. The number of nitrogens with zero attached hydrogens (tertiary/aromatic N) is 1. The maximum absolute atomic E-state index is 13.9. The molecule has 0 spiro atoms. The van der Waals surface area contributed by atoms with Crippen LogP contribution in [0.5, 0.6) is 0 Å². The summed E-state index contributed by atoms with van der Waals surface area (Å²) in [7, 11) is 0. The largest absolute Gasteiger partial charge is 0.445 e. The summed E-state index contributed by atoms with van der Waals surface area (Å²) in [6.45, 7) is 0.880. The number of rotatable bonds is 3. The van der Waals surface area contributed by atoms with Crippen LogP contribution < -0.4 is 0 Å². The maximum atomic E-state index is 13.9. The first-order valence-corrected chi connectivity index (χ1v) is 8.01. The SMILES string of the molecule is O=C(OCc1ccccc1)N1CCC(O)(c2ccccc2F)CC1. The number of hydrogen-bond acceptors (Lipinski definition) is 3. The van der Waals surface area contributed by atoms with E-state index in [9.17, 15) is 14.3 Å². The molecule has 5 heteroatoms. The molecular formula is C19H20FNO3. The summed E-state index contributed by atoms with van der Waals surface area (Å²) in [5, 5.41) is 10.7. The molecule has 1 heterocycles. The molecule has 4 nitrogen and oxygen atoms in total. The standard InChI is InChI=1S/C19H20FNO3/c20-17-9-5-4-8-16(17)19(23)10-12-21(13-11-19)18(22)24-14-15-6-2-1-3-7-15/h1-9,23H,10-14H2. The topological polar surface area (TPSA) is 49.8 Å². The summed E-state index contributed by atoms with van der Waals surface area (Å²) < 4.78 is 19.2. The third-order valence-electron chi connectivity index (χ3n) is 4.43. The molecule has 126 valence electrons. The van der Waals surface area contributed by atoms with Crippen LogP contribution in [-0.4, -0.2) is 29.2 Å². The third-order valence-corrected chi connectivity index (χ3v) is 4.43. The van der Waals surface area contributed by atoms with Gasteiger partial charge >= 0.3 is 6.09 Å². The number of carbonyl (C=O) groups is 1. The van der Waals surface area contributed by atoms with Crippen LogP contribution in [-0.2, 0) is 16.9 Å². The zero-order valence-electron chi connectivity index (χ0n) is 13.3. The van der Waals surface area contributed by atoms with E-state index in [1.54, 1.807) is 23.1 Å². The van der Waals surface area contributed by atoms with Crippen molar-refractivity contribution in [2.24, 2.45) is 0 Å². The van der Waals surface area contributed by atoms with E-state index in [1.165, 1.54) is 6.07 Å². The number of likely N-dealkylation sites (tertiary alicyclic amines) is 1. The Morgan fingerprint density at radius 1 is 1.08 bits per heavy atom. The maximum Gasteiger partial charge on any atom is 0.410 e. The van der Waals surface area contributed by atoms with Gasteiger partial charge in [-0.2, -0.15) is 0 Å². The fraction of sp³-hybridized carbons (Fsp3) is 0.316. The number of piperidine rings is 1. The molecule has 0 radical (unpaired) electrons. The van der Waals surface area contributed by atoms with Gasteiger partial charge in [-0.3, -0.25) is 0 Å². The van der Waals surface area contributed by atoms with Crippen molar-refractivity contribution < 1.29 is 19.0 Å². The number of halogens is 1. The average molecular weight is 329 g/mol. The van der Waals surface area contributed by atoms with Crippen molar-refractivity contribution in [3.63, 3.8) is 0 Å². The lowest BCUT2D eigenvalue weighted by molar-refractivity contribution is -0.0278. The molecule has 1 amide bonds. The van der Waals surface area contributed by atoms with Gasteiger partial charge in [-0.1, -0.05) is 48.5 Å². The number of amides is 1. The van der Waals surface area contributed by atoms with Crippen LogP contribution in [0.4, 0.5) is 9.18 Å². The van der Waals surface area contributed by atoms with E-state index in [0.717, 1.165) is 5.56 Å². The molecule has 2 aromatic carbocycles. The van der Waals surface area contributed by atoms with Crippen molar-refractivity contribution in [3.05, 3.63) is 71.5 Å². The zero-order valence-corrected chi connectivity index (χ0v) is 13.3. The Bertz CT molecular complexity index is 697. The molecule has 1 N–H and O–H groups in total. The van der Waals surface area contributed by atoms with Crippen LogP contribution >= 0.6 is 0 Å². The Morgan fingerprint density at radius 2 is 1.71 bits per heavy atom. The summed E-state index contributed by atoms with van der Waals surface area (Å²) in [5.74, 6) is -0.417. The van der Waals surface area contributed by atoms with E-state index >= 15 is 0 Å². The van der Waals surface area contributed by atoms with Gasteiger partial charge in [0.15, 0.2) is 0 Å². The summed E-state index contributed by atoms with van der Waals surface area (Å²) >= 11 is 0. The highest BCUT2D eigenvalue weighted by Gasteiger charge is 2.37. The molecule has 0 aliphatic carbocycles. The Labute approximate surface area is 140 Å². The molecule has 0 unspecified atom stereocenters. The molecular weight excluding hydrogens is 309 g/mol. The summed E-state index contributed by atoms with van der Waals surface area (Å²) in [4.78, 5) is 13.7. The summed E-state index contributed by atoms with van der Waals surface area (Å²) in [5.41, 5.74) is -0.0188. The molecule has 24 heavy (non-hydrogen) atoms. The molecule has 0 atom stereocenters.